The van der Waals surface area contributed by atoms with E-state index < -0.39 is 0 Å². The normalized spacial score (nSPS) is 19.6. The predicted molar refractivity (Wildman–Crippen MR) is 109 cm³/mol. The summed E-state index contributed by atoms with van der Waals surface area (Å²) in [6.07, 6.45) is 3.13. The molecule has 7 heteroatoms. The number of benzene rings is 1. The molecule has 0 bridgehead atoms. The SMILES string of the molecule is Cn1c(N2CCCC2Cn2nc3c(cc2=O)CSCC3)nc2ccccc21. The van der Waals surface area contributed by atoms with Crippen molar-refractivity contribution in [2.45, 2.75) is 37.6 Å². The zero-order valence-electron chi connectivity index (χ0n) is 15.5. The Kier molecular flexibility index (Phi) is 4.19. The van der Waals surface area contributed by atoms with Crippen molar-refractivity contribution in [2.75, 3.05) is 17.2 Å². The van der Waals surface area contributed by atoms with E-state index in [1.807, 2.05) is 23.9 Å². The maximum Gasteiger partial charge on any atom is 0.267 e. The van der Waals surface area contributed by atoms with Gasteiger partial charge in [-0.05, 0) is 36.3 Å². The van der Waals surface area contributed by atoms with E-state index in [9.17, 15) is 4.79 Å². The number of hydrogen-bond acceptors (Lipinski definition) is 5. The first-order chi connectivity index (χ1) is 13.2. The van der Waals surface area contributed by atoms with E-state index in [2.05, 4.69) is 28.6 Å². The van der Waals surface area contributed by atoms with Crippen molar-refractivity contribution in [1.82, 2.24) is 19.3 Å². The van der Waals surface area contributed by atoms with Crippen LogP contribution in [0.2, 0.25) is 0 Å². The first-order valence-electron chi connectivity index (χ1n) is 9.56. The first kappa shape index (κ1) is 16.9. The number of nitrogens with zero attached hydrogens (tertiary/aromatic N) is 5. The summed E-state index contributed by atoms with van der Waals surface area (Å²) < 4.78 is 3.84. The van der Waals surface area contributed by atoms with Crippen LogP contribution in [0, 0.1) is 0 Å². The lowest BCUT2D eigenvalue weighted by atomic mass is 10.2. The van der Waals surface area contributed by atoms with Crippen molar-refractivity contribution in [3.63, 3.8) is 0 Å². The third-order valence-electron chi connectivity index (χ3n) is 5.69. The van der Waals surface area contributed by atoms with Crippen molar-refractivity contribution >= 4 is 28.7 Å². The van der Waals surface area contributed by atoms with Gasteiger partial charge in [-0.2, -0.15) is 16.9 Å². The summed E-state index contributed by atoms with van der Waals surface area (Å²) in [5, 5.41) is 4.71. The Morgan fingerprint density at radius 2 is 2.19 bits per heavy atom. The molecule has 0 aliphatic carbocycles. The summed E-state index contributed by atoms with van der Waals surface area (Å²) in [7, 11) is 2.07. The molecule has 1 atom stereocenters. The van der Waals surface area contributed by atoms with Crippen LogP contribution in [0.15, 0.2) is 35.1 Å². The molecule has 4 heterocycles. The molecule has 2 aliphatic rings. The number of para-hydroxylation sites is 2. The van der Waals surface area contributed by atoms with E-state index in [0.29, 0.717) is 6.54 Å². The fourth-order valence-electron chi connectivity index (χ4n) is 4.26. The predicted octanol–water partition coefficient (Wildman–Crippen LogP) is 2.59. The Labute approximate surface area is 162 Å². The van der Waals surface area contributed by atoms with Gasteiger partial charge in [0.15, 0.2) is 0 Å². The molecule has 0 spiro atoms. The second kappa shape index (κ2) is 6.71. The average molecular weight is 382 g/mol. The van der Waals surface area contributed by atoms with E-state index in [0.717, 1.165) is 65.6 Å². The minimum Gasteiger partial charge on any atom is -0.337 e. The minimum atomic E-state index is 0.0214. The monoisotopic (exact) mass is 381 g/mol. The highest BCUT2D eigenvalue weighted by Crippen LogP contribution is 2.28. The van der Waals surface area contributed by atoms with Gasteiger partial charge in [0.2, 0.25) is 5.95 Å². The van der Waals surface area contributed by atoms with Gasteiger partial charge < -0.3 is 9.47 Å². The van der Waals surface area contributed by atoms with E-state index >= 15 is 0 Å². The van der Waals surface area contributed by atoms with Gasteiger partial charge in [-0.3, -0.25) is 4.79 Å². The van der Waals surface area contributed by atoms with Crippen LogP contribution in [0.25, 0.3) is 11.0 Å². The Morgan fingerprint density at radius 3 is 3.07 bits per heavy atom. The molecular weight excluding hydrogens is 358 g/mol. The van der Waals surface area contributed by atoms with Gasteiger partial charge in [-0.25, -0.2) is 9.67 Å². The maximum absolute atomic E-state index is 12.6. The summed E-state index contributed by atoms with van der Waals surface area (Å²) in [6.45, 7) is 1.60. The third kappa shape index (κ3) is 2.94. The van der Waals surface area contributed by atoms with Gasteiger partial charge in [0.25, 0.3) is 5.56 Å². The number of aryl methyl sites for hydroxylation is 2. The maximum atomic E-state index is 12.6. The molecule has 27 heavy (non-hydrogen) atoms. The molecule has 0 radical (unpaired) electrons. The molecule has 6 nitrogen and oxygen atoms in total. The fourth-order valence-corrected chi connectivity index (χ4v) is 5.21. The molecule has 1 unspecified atom stereocenters. The first-order valence-corrected chi connectivity index (χ1v) is 10.7. The second-order valence-electron chi connectivity index (χ2n) is 7.39. The van der Waals surface area contributed by atoms with Crippen LogP contribution in [-0.2, 0) is 25.8 Å². The van der Waals surface area contributed by atoms with E-state index in [1.54, 1.807) is 10.7 Å². The average Bonchev–Trinajstić information content (AvgIpc) is 3.27. The topological polar surface area (TPSA) is 56.0 Å². The summed E-state index contributed by atoms with van der Waals surface area (Å²) in [5.41, 5.74) is 4.39. The van der Waals surface area contributed by atoms with Crippen LogP contribution in [0.3, 0.4) is 0 Å². The molecular formula is C20H23N5OS. The number of hydrogen-bond donors (Lipinski definition) is 0. The Balaban J connectivity index is 1.46. The number of fused-ring (bicyclic) bond motifs is 2. The number of thioether (sulfide) groups is 1. The number of imidazole rings is 1. The Hall–Kier alpha value is -2.28. The van der Waals surface area contributed by atoms with Crippen LogP contribution >= 0.6 is 11.8 Å². The second-order valence-corrected chi connectivity index (χ2v) is 8.49. The molecule has 5 rings (SSSR count). The fraction of sp³-hybridized carbons (Fsp3) is 0.450. The molecule has 0 saturated carbocycles. The number of anilines is 1. The molecule has 1 aromatic carbocycles. The van der Waals surface area contributed by atoms with Gasteiger partial charge in [0.1, 0.15) is 0 Å². The van der Waals surface area contributed by atoms with Crippen LogP contribution in [0.4, 0.5) is 5.95 Å². The lowest BCUT2D eigenvalue weighted by Gasteiger charge is -2.26. The smallest absolute Gasteiger partial charge is 0.267 e. The Morgan fingerprint density at radius 1 is 1.30 bits per heavy atom. The van der Waals surface area contributed by atoms with Crippen molar-refractivity contribution < 1.29 is 0 Å². The van der Waals surface area contributed by atoms with Crippen LogP contribution < -0.4 is 10.5 Å². The molecule has 0 amide bonds. The summed E-state index contributed by atoms with van der Waals surface area (Å²) >= 11 is 1.88. The van der Waals surface area contributed by atoms with Crippen molar-refractivity contribution in [3.05, 3.63) is 51.9 Å². The Bertz CT molecular complexity index is 1060. The summed E-state index contributed by atoms with van der Waals surface area (Å²) in [5.74, 6) is 2.99. The lowest BCUT2D eigenvalue weighted by molar-refractivity contribution is 0.476. The minimum absolute atomic E-state index is 0.0214. The van der Waals surface area contributed by atoms with Crippen molar-refractivity contribution in [1.29, 1.82) is 0 Å². The standard InChI is InChI=1S/C20H23N5OS/c1-23-18-7-3-2-6-17(18)21-20(23)24-9-4-5-15(24)12-25-19(26)11-14-13-27-10-8-16(14)22-25/h2-3,6-7,11,15H,4-5,8-10,12-13H2,1H3. The quantitative estimate of drug-likeness (QED) is 0.698. The van der Waals surface area contributed by atoms with Gasteiger partial charge in [-0.15, -0.1) is 0 Å². The molecule has 1 saturated heterocycles. The van der Waals surface area contributed by atoms with Gasteiger partial charge >= 0.3 is 0 Å². The highest BCUT2D eigenvalue weighted by atomic mass is 32.2. The van der Waals surface area contributed by atoms with Gasteiger partial charge in [-0.1, -0.05) is 12.1 Å². The molecule has 3 aromatic rings. The molecule has 2 aromatic heterocycles. The summed E-state index contributed by atoms with van der Waals surface area (Å²) in [6, 6.07) is 10.3. The van der Waals surface area contributed by atoms with Crippen molar-refractivity contribution in [3.8, 4) is 0 Å². The molecule has 0 N–H and O–H groups in total. The van der Waals surface area contributed by atoms with Crippen LogP contribution in [-0.4, -0.2) is 37.7 Å². The summed E-state index contributed by atoms with van der Waals surface area (Å²) in [4.78, 5) is 19.8. The highest BCUT2D eigenvalue weighted by Gasteiger charge is 2.29. The molecule has 2 aliphatic heterocycles. The number of aromatic nitrogens is 4. The van der Waals surface area contributed by atoms with E-state index in [4.69, 9.17) is 10.1 Å². The zero-order chi connectivity index (χ0) is 18.4. The third-order valence-corrected chi connectivity index (χ3v) is 6.69. The van der Waals surface area contributed by atoms with E-state index in [-0.39, 0.29) is 11.6 Å². The lowest BCUT2D eigenvalue weighted by Crippen LogP contribution is -2.39. The highest BCUT2D eigenvalue weighted by molar-refractivity contribution is 7.98. The number of rotatable bonds is 3. The van der Waals surface area contributed by atoms with E-state index in [1.165, 1.54) is 0 Å². The van der Waals surface area contributed by atoms with Crippen molar-refractivity contribution in [2.24, 2.45) is 7.05 Å². The van der Waals surface area contributed by atoms with Crippen LogP contribution in [0.5, 0.6) is 0 Å². The molecule has 140 valence electrons. The van der Waals surface area contributed by atoms with Gasteiger partial charge in [0, 0.05) is 31.8 Å². The van der Waals surface area contributed by atoms with Crippen LogP contribution in [0.1, 0.15) is 24.1 Å². The van der Waals surface area contributed by atoms with Gasteiger partial charge in [0.05, 0.1) is 29.3 Å². The largest absolute Gasteiger partial charge is 0.337 e. The molecule has 1 fully saturated rings. The zero-order valence-corrected chi connectivity index (χ0v) is 16.3.